The quantitative estimate of drug-likeness (QED) is 0.359. The lowest BCUT2D eigenvalue weighted by Crippen LogP contribution is -2.54. The number of benzene rings is 1. The van der Waals surface area contributed by atoms with E-state index in [2.05, 4.69) is 37.1 Å². The molecule has 4 fully saturated rings. The predicted octanol–water partition coefficient (Wildman–Crippen LogP) is 5.01. The normalized spacial score (nSPS) is 24.6. The third kappa shape index (κ3) is 6.88. The van der Waals surface area contributed by atoms with Crippen molar-refractivity contribution in [2.75, 3.05) is 41.7 Å². The summed E-state index contributed by atoms with van der Waals surface area (Å²) in [6.07, 6.45) is 7.50. The van der Waals surface area contributed by atoms with Crippen molar-refractivity contribution >= 4 is 23.3 Å². The van der Waals surface area contributed by atoms with Gasteiger partial charge in [-0.1, -0.05) is 12.1 Å². The molecule has 1 saturated carbocycles. The van der Waals surface area contributed by atoms with Gasteiger partial charge in [0, 0.05) is 74.6 Å². The number of piperazine rings is 1. The van der Waals surface area contributed by atoms with Gasteiger partial charge in [0.2, 0.25) is 5.88 Å². The van der Waals surface area contributed by atoms with Crippen molar-refractivity contribution in [2.24, 2.45) is 0 Å². The maximum Gasteiger partial charge on any atom is 0.410 e. The summed E-state index contributed by atoms with van der Waals surface area (Å²) in [5, 5.41) is 18.9. The summed E-state index contributed by atoms with van der Waals surface area (Å²) in [5.74, 6) is 1.21. The first-order valence-corrected chi connectivity index (χ1v) is 16.8. The van der Waals surface area contributed by atoms with Crippen molar-refractivity contribution in [3.63, 3.8) is 0 Å². The highest BCUT2D eigenvalue weighted by molar-refractivity contribution is 5.74. The number of ether oxygens (including phenoxy) is 3. The first-order chi connectivity index (χ1) is 22.6. The molecule has 2 aromatic heterocycles. The molecule has 3 aromatic rings. The van der Waals surface area contributed by atoms with Gasteiger partial charge < -0.3 is 39.8 Å². The number of aromatic nitrogens is 3. The van der Waals surface area contributed by atoms with Gasteiger partial charge in [-0.25, -0.2) is 9.78 Å². The van der Waals surface area contributed by atoms with Gasteiger partial charge in [0.1, 0.15) is 17.5 Å². The standard InChI is InChI=1S/C35H45N7O5/c1-35(2,3)47-34(44)40-14-11-25(12-15-40)45-26-17-27(18-26)46-32-16-22(10-13-37-32)42-23-8-9-24(42)21-41(20-23)30-19-29(38-39-33(30)36)28-6-4-5-7-31(28)43/h4-7,10,13,16,19,23-27,43H,8-9,11-12,14-15,17-18,20-21H2,1-3H3,(H2,36,39)/t23-,24-,26?,27?/m1/s1. The fourth-order valence-electron chi connectivity index (χ4n) is 7.28. The van der Waals surface area contributed by atoms with Crippen LogP contribution >= 0.6 is 0 Å². The number of nitrogens with two attached hydrogens (primary N) is 1. The van der Waals surface area contributed by atoms with Crippen molar-refractivity contribution < 1.29 is 24.1 Å². The number of carbonyl (C=O) groups is 1. The zero-order chi connectivity index (χ0) is 32.7. The Labute approximate surface area is 275 Å². The van der Waals surface area contributed by atoms with E-state index in [1.54, 1.807) is 17.0 Å². The molecule has 7 rings (SSSR count). The molecule has 47 heavy (non-hydrogen) atoms. The average Bonchev–Trinajstić information content (AvgIpc) is 3.29. The molecule has 12 nitrogen and oxygen atoms in total. The number of pyridine rings is 1. The third-order valence-electron chi connectivity index (χ3n) is 9.64. The molecular weight excluding hydrogens is 598 g/mol. The van der Waals surface area contributed by atoms with Crippen LogP contribution in [0.15, 0.2) is 48.7 Å². The van der Waals surface area contributed by atoms with Crippen molar-refractivity contribution in [2.45, 2.75) is 95.3 Å². The fraction of sp³-hybridized carbons (Fsp3) is 0.543. The molecule has 1 aromatic carbocycles. The third-order valence-corrected chi connectivity index (χ3v) is 9.64. The second-order valence-electron chi connectivity index (χ2n) is 14.2. The number of hydrogen-bond acceptors (Lipinski definition) is 11. The Hall–Kier alpha value is -4.32. The number of rotatable bonds is 7. The number of piperidine rings is 1. The topological polar surface area (TPSA) is 139 Å². The Bertz CT molecular complexity index is 1570. The Morgan fingerprint density at radius 1 is 0.936 bits per heavy atom. The maximum atomic E-state index is 12.4. The SMILES string of the molecule is CC(C)(C)OC(=O)N1CCC(OC2CC(Oc3cc(N4[C@@H]5CC[C@@H]4CN(c4cc(-c6ccccc6O)nnc4N)C5)ccn3)C2)CC1. The van der Waals surface area contributed by atoms with Crippen LogP contribution in [0.25, 0.3) is 11.3 Å². The smallest absolute Gasteiger partial charge is 0.410 e. The van der Waals surface area contributed by atoms with Gasteiger partial charge in [0.25, 0.3) is 0 Å². The molecule has 0 unspecified atom stereocenters. The van der Waals surface area contributed by atoms with Crippen LogP contribution < -0.4 is 20.3 Å². The van der Waals surface area contributed by atoms with Gasteiger partial charge in [-0.2, -0.15) is 0 Å². The fourth-order valence-corrected chi connectivity index (χ4v) is 7.28. The average molecular weight is 644 g/mol. The number of phenols is 1. The molecule has 1 aliphatic carbocycles. The van der Waals surface area contributed by atoms with Gasteiger partial charge in [0.15, 0.2) is 5.82 Å². The minimum atomic E-state index is -0.484. The number of para-hydroxylation sites is 1. The summed E-state index contributed by atoms with van der Waals surface area (Å²) < 4.78 is 18.2. The zero-order valence-corrected chi connectivity index (χ0v) is 27.4. The number of hydrogen-bond donors (Lipinski definition) is 2. The Morgan fingerprint density at radius 2 is 1.66 bits per heavy atom. The number of aromatic hydroxyl groups is 1. The molecule has 2 atom stereocenters. The van der Waals surface area contributed by atoms with E-state index in [4.69, 9.17) is 19.9 Å². The largest absolute Gasteiger partial charge is 0.507 e. The summed E-state index contributed by atoms with van der Waals surface area (Å²) in [4.78, 5) is 23.5. The number of fused-ring (bicyclic) bond motifs is 2. The summed E-state index contributed by atoms with van der Waals surface area (Å²) in [6.45, 7) is 8.61. The number of nitrogens with zero attached hydrogens (tertiary/aromatic N) is 6. The van der Waals surface area contributed by atoms with Crippen LogP contribution in [0.3, 0.4) is 0 Å². The van der Waals surface area contributed by atoms with Gasteiger partial charge in [-0.05, 0) is 70.7 Å². The lowest BCUT2D eigenvalue weighted by molar-refractivity contribution is -0.110. The molecule has 3 aliphatic heterocycles. The first kappa shape index (κ1) is 31.3. The second-order valence-corrected chi connectivity index (χ2v) is 14.2. The Kier molecular flexibility index (Phi) is 8.46. The Morgan fingerprint density at radius 3 is 2.36 bits per heavy atom. The molecule has 250 valence electrons. The second kappa shape index (κ2) is 12.7. The zero-order valence-electron chi connectivity index (χ0n) is 27.4. The summed E-state index contributed by atoms with van der Waals surface area (Å²) >= 11 is 0. The van der Waals surface area contributed by atoms with Crippen molar-refractivity contribution in [3.05, 3.63) is 48.7 Å². The number of anilines is 3. The number of amides is 1. The summed E-state index contributed by atoms with van der Waals surface area (Å²) in [7, 11) is 0. The number of phenolic OH excluding ortho intramolecular Hbond substituents is 1. The van der Waals surface area contributed by atoms with E-state index in [9.17, 15) is 9.90 Å². The molecule has 2 bridgehead atoms. The number of nitrogen functional groups attached to an aromatic ring is 1. The molecule has 3 N–H and O–H groups in total. The van der Waals surface area contributed by atoms with Crippen LogP contribution in [0, 0.1) is 0 Å². The molecule has 3 saturated heterocycles. The molecule has 1 amide bonds. The molecular formula is C35H45N7O5. The van der Waals surface area contributed by atoms with Gasteiger partial charge in [-0.15, -0.1) is 10.2 Å². The molecule has 0 radical (unpaired) electrons. The maximum absolute atomic E-state index is 12.4. The van der Waals surface area contributed by atoms with E-state index in [0.29, 0.717) is 48.1 Å². The van der Waals surface area contributed by atoms with Crippen molar-refractivity contribution in [3.8, 4) is 22.9 Å². The minimum absolute atomic E-state index is 0.0820. The monoisotopic (exact) mass is 643 g/mol. The highest BCUT2D eigenvalue weighted by Gasteiger charge is 2.41. The van der Waals surface area contributed by atoms with E-state index in [1.165, 1.54) is 0 Å². The molecule has 0 spiro atoms. The van der Waals surface area contributed by atoms with Crippen LogP contribution in [-0.4, -0.2) is 93.5 Å². The van der Waals surface area contributed by atoms with Gasteiger partial charge >= 0.3 is 6.09 Å². The van der Waals surface area contributed by atoms with Crippen molar-refractivity contribution in [1.29, 1.82) is 0 Å². The predicted molar refractivity (Wildman–Crippen MR) is 179 cm³/mol. The lowest BCUT2D eigenvalue weighted by Gasteiger charge is -2.43. The molecule has 5 heterocycles. The van der Waals surface area contributed by atoms with Gasteiger partial charge in [-0.3, -0.25) is 0 Å². The van der Waals surface area contributed by atoms with E-state index in [0.717, 1.165) is 63.0 Å². The van der Waals surface area contributed by atoms with Crippen LogP contribution in [-0.2, 0) is 9.47 Å². The van der Waals surface area contributed by atoms with Crippen LogP contribution in [0.4, 0.5) is 22.0 Å². The highest BCUT2D eigenvalue weighted by Crippen LogP contribution is 2.40. The van der Waals surface area contributed by atoms with E-state index >= 15 is 0 Å². The molecule has 12 heteroatoms. The summed E-state index contributed by atoms with van der Waals surface area (Å²) in [6, 6.07) is 13.8. The summed E-state index contributed by atoms with van der Waals surface area (Å²) in [5.41, 5.74) is 9.06. The Balaban J connectivity index is 0.917. The van der Waals surface area contributed by atoms with Crippen LogP contribution in [0.1, 0.15) is 59.3 Å². The van der Waals surface area contributed by atoms with E-state index < -0.39 is 5.60 Å². The lowest BCUT2D eigenvalue weighted by atomic mass is 9.91. The van der Waals surface area contributed by atoms with E-state index in [1.807, 2.05) is 45.2 Å². The first-order valence-electron chi connectivity index (χ1n) is 16.8. The minimum Gasteiger partial charge on any atom is -0.507 e. The number of carbonyl (C=O) groups excluding carboxylic acids is 1. The van der Waals surface area contributed by atoms with Crippen LogP contribution in [0.5, 0.6) is 11.6 Å². The van der Waals surface area contributed by atoms with Crippen molar-refractivity contribution in [1.82, 2.24) is 20.1 Å². The van der Waals surface area contributed by atoms with Gasteiger partial charge in [0.05, 0.1) is 23.6 Å². The van der Waals surface area contributed by atoms with E-state index in [-0.39, 0.29) is 30.2 Å². The van der Waals surface area contributed by atoms with Crippen LogP contribution in [0.2, 0.25) is 0 Å². The molecule has 4 aliphatic rings. The number of likely N-dealkylation sites (tertiary alicyclic amines) is 1. The highest BCUT2D eigenvalue weighted by atomic mass is 16.6.